The Balaban J connectivity index is 1.51. The molecule has 2 aromatic heterocycles. The van der Waals surface area contributed by atoms with Gasteiger partial charge in [0.25, 0.3) is 0 Å². The zero-order chi connectivity index (χ0) is 23.5. The fourth-order valence-electron chi connectivity index (χ4n) is 4.65. The first-order valence-electron chi connectivity index (χ1n) is 11.7. The Morgan fingerprint density at radius 2 is 1.88 bits per heavy atom. The van der Waals surface area contributed by atoms with Crippen LogP contribution in [0.4, 0.5) is 5.95 Å². The molecule has 3 heterocycles. The number of aliphatic hydroxyl groups is 1. The fraction of sp³-hybridized carbons (Fsp3) is 0.520. The summed E-state index contributed by atoms with van der Waals surface area (Å²) in [6.07, 6.45) is 1.65. The number of likely N-dealkylation sites (tertiary alicyclic amines) is 1. The molecule has 1 aromatic carbocycles. The number of nitrogens with one attached hydrogen (secondary N) is 1. The zero-order valence-electron chi connectivity index (χ0n) is 20.1. The summed E-state index contributed by atoms with van der Waals surface area (Å²) in [4.78, 5) is 13.9. The molecule has 1 fully saturated rings. The van der Waals surface area contributed by atoms with Crippen molar-refractivity contribution in [2.45, 2.75) is 45.4 Å². The lowest BCUT2D eigenvalue weighted by Gasteiger charge is -2.34. The lowest BCUT2D eigenvalue weighted by Crippen LogP contribution is -2.44. The van der Waals surface area contributed by atoms with Crippen molar-refractivity contribution in [3.63, 3.8) is 0 Å². The number of aliphatic hydroxyl groups excluding tert-OH is 1. The maximum absolute atomic E-state index is 10.4. The van der Waals surface area contributed by atoms with Crippen LogP contribution in [0.3, 0.4) is 0 Å². The molecule has 1 aliphatic rings. The SMILES string of the molecule is Cc1ccc(O)c(Cn2c(NC3CCN(CC(O)CN(C)C)CC3)nc3c(C)cccc32)n1. The number of rotatable bonds is 8. The normalized spacial score (nSPS) is 16.5. The Hall–Kier alpha value is -2.68. The van der Waals surface area contributed by atoms with Gasteiger partial charge in [-0.3, -0.25) is 4.98 Å². The number of para-hydroxylation sites is 1. The van der Waals surface area contributed by atoms with E-state index in [2.05, 4.69) is 38.8 Å². The van der Waals surface area contributed by atoms with Crippen molar-refractivity contribution < 1.29 is 10.2 Å². The smallest absolute Gasteiger partial charge is 0.204 e. The molecule has 0 radical (unpaired) electrons. The number of nitrogens with zero attached hydrogens (tertiary/aromatic N) is 5. The fourth-order valence-corrected chi connectivity index (χ4v) is 4.65. The van der Waals surface area contributed by atoms with Gasteiger partial charge in [-0.05, 0) is 64.5 Å². The number of benzene rings is 1. The number of aromatic nitrogens is 3. The molecule has 0 amide bonds. The van der Waals surface area contributed by atoms with Crippen LogP contribution in [0.1, 0.15) is 29.8 Å². The van der Waals surface area contributed by atoms with Gasteiger partial charge in [-0.15, -0.1) is 0 Å². The number of hydrogen-bond donors (Lipinski definition) is 3. The van der Waals surface area contributed by atoms with Crippen LogP contribution in [0.25, 0.3) is 11.0 Å². The molecule has 0 bridgehead atoms. The number of fused-ring (bicyclic) bond motifs is 1. The molecule has 4 rings (SSSR count). The average molecular weight is 453 g/mol. The number of aryl methyl sites for hydroxylation is 2. The lowest BCUT2D eigenvalue weighted by atomic mass is 10.0. The number of pyridine rings is 1. The first-order chi connectivity index (χ1) is 15.8. The molecular formula is C25H36N6O2. The Kier molecular flexibility index (Phi) is 7.17. The minimum absolute atomic E-state index is 0.200. The Morgan fingerprint density at radius 1 is 1.12 bits per heavy atom. The van der Waals surface area contributed by atoms with Gasteiger partial charge in [0.1, 0.15) is 11.4 Å². The first-order valence-corrected chi connectivity index (χ1v) is 11.7. The van der Waals surface area contributed by atoms with Gasteiger partial charge >= 0.3 is 0 Å². The second-order valence-corrected chi connectivity index (χ2v) is 9.52. The van der Waals surface area contributed by atoms with Crippen LogP contribution in [0.5, 0.6) is 5.75 Å². The van der Waals surface area contributed by atoms with Crippen molar-refractivity contribution in [1.29, 1.82) is 0 Å². The van der Waals surface area contributed by atoms with Crippen molar-refractivity contribution in [3.05, 3.63) is 47.3 Å². The van der Waals surface area contributed by atoms with E-state index < -0.39 is 0 Å². The van der Waals surface area contributed by atoms with Gasteiger partial charge in [-0.2, -0.15) is 0 Å². The molecule has 1 atom stereocenters. The van der Waals surface area contributed by atoms with E-state index in [9.17, 15) is 10.2 Å². The highest BCUT2D eigenvalue weighted by Gasteiger charge is 2.23. The molecular weight excluding hydrogens is 416 g/mol. The van der Waals surface area contributed by atoms with Gasteiger partial charge < -0.3 is 29.9 Å². The minimum atomic E-state index is -0.328. The summed E-state index contributed by atoms with van der Waals surface area (Å²) in [5.74, 6) is 1.01. The summed E-state index contributed by atoms with van der Waals surface area (Å²) in [5, 5.41) is 24.3. The van der Waals surface area contributed by atoms with Crippen molar-refractivity contribution in [1.82, 2.24) is 24.3 Å². The van der Waals surface area contributed by atoms with E-state index in [1.165, 1.54) is 0 Å². The van der Waals surface area contributed by atoms with Crippen molar-refractivity contribution in [2.75, 3.05) is 45.6 Å². The average Bonchev–Trinajstić information content (AvgIpc) is 3.10. The topological polar surface area (TPSA) is 89.7 Å². The van der Waals surface area contributed by atoms with Crippen LogP contribution in [0.2, 0.25) is 0 Å². The number of likely N-dealkylation sites (N-methyl/N-ethyl adjacent to an activating group) is 1. The number of imidazole rings is 1. The zero-order valence-corrected chi connectivity index (χ0v) is 20.1. The van der Waals surface area contributed by atoms with Gasteiger partial charge in [0, 0.05) is 37.9 Å². The van der Waals surface area contributed by atoms with Crippen LogP contribution < -0.4 is 5.32 Å². The van der Waals surface area contributed by atoms with Crippen LogP contribution in [-0.4, -0.2) is 87.0 Å². The third-order valence-corrected chi connectivity index (χ3v) is 6.34. The van der Waals surface area contributed by atoms with Crippen LogP contribution in [0.15, 0.2) is 30.3 Å². The number of aromatic hydroxyl groups is 1. The van der Waals surface area contributed by atoms with Crippen molar-refractivity contribution in [3.8, 4) is 5.75 Å². The molecule has 178 valence electrons. The summed E-state index contributed by atoms with van der Waals surface area (Å²) in [5.41, 5.74) is 4.64. The van der Waals surface area contributed by atoms with E-state index in [0.717, 1.165) is 54.2 Å². The predicted octanol–water partition coefficient (Wildman–Crippen LogP) is 2.60. The van der Waals surface area contributed by atoms with Crippen LogP contribution in [0, 0.1) is 13.8 Å². The second-order valence-electron chi connectivity index (χ2n) is 9.52. The van der Waals surface area contributed by atoms with E-state index in [4.69, 9.17) is 4.98 Å². The number of hydrogen-bond acceptors (Lipinski definition) is 7. The third-order valence-electron chi connectivity index (χ3n) is 6.34. The minimum Gasteiger partial charge on any atom is -0.506 e. The Bertz CT molecular complexity index is 1090. The molecule has 3 N–H and O–H groups in total. The molecule has 0 saturated carbocycles. The highest BCUT2D eigenvalue weighted by molar-refractivity contribution is 5.82. The molecule has 1 unspecified atom stereocenters. The van der Waals surface area contributed by atoms with Crippen molar-refractivity contribution in [2.24, 2.45) is 0 Å². The highest BCUT2D eigenvalue weighted by Crippen LogP contribution is 2.27. The molecule has 8 nitrogen and oxygen atoms in total. The molecule has 3 aromatic rings. The Labute approximate surface area is 195 Å². The van der Waals surface area contributed by atoms with Gasteiger partial charge in [0.15, 0.2) is 0 Å². The van der Waals surface area contributed by atoms with E-state index in [1.807, 2.05) is 38.1 Å². The van der Waals surface area contributed by atoms with E-state index >= 15 is 0 Å². The maximum Gasteiger partial charge on any atom is 0.204 e. The van der Waals surface area contributed by atoms with Gasteiger partial charge in [-0.1, -0.05) is 12.1 Å². The van der Waals surface area contributed by atoms with Crippen LogP contribution >= 0.6 is 0 Å². The molecule has 1 saturated heterocycles. The van der Waals surface area contributed by atoms with E-state index in [1.54, 1.807) is 6.07 Å². The molecule has 33 heavy (non-hydrogen) atoms. The van der Waals surface area contributed by atoms with Gasteiger partial charge in [0.2, 0.25) is 5.95 Å². The van der Waals surface area contributed by atoms with Gasteiger partial charge in [-0.25, -0.2) is 4.98 Å². The summed E-state index contributed by atoms with van der Waals surface area (Å²) >= 11 is 0. The largest absolute Gasteiger partial charge is 0.506 e. The summed E-state index contributed by atoms with van der Waals surface area (Å²) in [7, 11) is 3.97. The molecule has 0 spiro atoms. The van der Waals surface area contributed by atoms with Gasteiger partial charge in [0.05, 0.1) is 23.7 Å². The van der Waals surface area contributed by atoms with E-state index in [0.29, 0.717) is 31.4 Å². The number of β-amino-alcohol motifs (C(OH)–C–C–N with tert-alkyl or cyclic N) is 1. The number of piperidine rings is 1. The third kappa shape index (κ3) is 5.63. The van der Waals surface area contributed by atoms with Crippen molar-refractivity contribution >= 4 is 17.0 Å². The highest BCUT2D eigenvalue weighted by atomic mass is 16.3. The van der Waals surface area contributed by atoms with Crippen LogP contribution in [-0.2, 0) is 6.54 Å². The maximum atomic E-state index is 10.4. The number of anilines is 1. The second kappa shape index (κ2) is 10.1. The molecule has 1 aliphatic heterocycles. The Morgan fingerprint density at radius 3 is 2.61 bits per heavy atom. The molecule has 0 aliphatic carbocycles. The first kappa shape index (κ1) is 23.5. The summed E-state index contributed by atoms with van der Waals surface area (Å²) in [6.45, 7) is 7.74. The lowest BCUT2D eigenvalue weighted by molar-refractivity contribution is 0.0786. The van der Waals surface area contributed by atoms with E-state index in [-0.39, 0.29) is 11.9 Å². The summed E-state index contributed by atoms with van der Waals surface area (Å²) < 4.78 is 2.12. The summed E-state index contributed by atoms with van der Waals surface area (Å²) in [6, 6.07) is 10.0. The predicted molar refractivity (Wildman–Crippen MR) is 132 cm³/mol. The standard InChI is InChI=1S/C25H36N6O2/c1-17-6-5-7-22-24(17)28-25(31(22)16-21-23(33)9-8-18(2)26-21)27-19-10-12-30(13-11-19)15-20(32)14-29(3)4/h5-9,19-20,32-33H,10-16H2,1-4H3,(H,27,28). The quantitative estimate of drug-likeness (QED) is 0.484. The molecule has 8 heteroatoms. The monoisotopic (exact) mass is 452 g/mol.